The predicted molar refractivity (Wildman–Crippen MR) is 125 cm³/mol. The van der Waals surface area contributed by atoms with Crippen molar-refractivity contribution in [2.75, 3.05) is 19.7 Å². The number of piperidine rings is 1. The van der Waals surface area contributed by atoms with Gasteiger partial charge in [-0.1, -0.05) is 12.1 Å². The van der Waals surface area contributed by atoms with E-state index in [1.54, 1.807) is 43.0 Å². The molecule has 1 fully saturated rings. The minimum absolute atomic E-state index is 0.0897. The van der Waals surface area contributed by atoms with Crippen LogP contribution in [0.5, 0.6) is 0 Å². The Morgan fingerprint density at radius 2 is 1.63 bits per heavy atom. The molecule has 1 unspecified atom stereocenters. The van der Waals surface area contributed by atoms with Crippen LogP contribution in [0.3, 0.4) is 0 Å². The largest absolute Gasteiger partial charge is 0.466 e. The number of aromatic nitrogens is 3. The first-order valence-corrected chi connectivity index (χ1v) is 11.8. The number of hydrogen-bond acceptors (Lipinski definition) is 5. The van der Waals surface area contributed by atoms with Crippen molar-refractivity contribution in [2.45, 2.75) is 39.0 Å². The second-order valence-corrected chi connectivity index (χ2v) is 8.67. The van der Waals surface area contributed by atoms with Crippen LogP contribution in [0.1, 0.15) is 54.1 Å². The van der Waals surface area contributed by atoms with Crippen LogP contribution < -0.4 is 0 Å². The van der Waals surface area contributed by atoms with Crippen molar-refractivity contribution in [2.24, 2.45) is 5.92 Å². The third kappa shape index (κ3) is 5.72. The van der Waals surface area contributed by atoms with E-state index in [-0.39, 0.29) is 47.6 Å². The number of hydrogen-bond donors (Lipinski definition) is 0. The highest BCUT2D eigenvalue weighted by atomic mass is 19.1. The Labute approximate surface area is 202 Å². The molecule has 7 nitrogen and oxygen atoms in total. The highest BCUT2D eigenvalue weighted by molar-refractivity contribution is 5.90. The van der Waals surface area contributed by atoms with Gasteiger partial charge in [-0.3, -0.25) is 9.59 Å². The Kier molecular flexibility index (Phi) is 7.53. The number of halogens is 2. The average Bonchev–Trinajstić information content (AvgIpc) is 3.25. The van der Waals surface area contributed by atoms with Crippen molar-refractivity contribution in [1.82, 2.24) is 19.7 Å². The summed E-state index contributed by atoms with van der Waals surface area (Å²) in [6.07, 6.45) is 1.58. The third-order valence-corrected chi connectivity index (χ3v) is 6.42. The SMILES string of the molecule is CCOC(=O)CC(c1ccc(F)cc1)C1CCN(C(=O)c2nc(C)n(-c3ccc(F)cc3)n2)CC1. The number of benzene rings is 2. The summed E-state index contributed by atoms with van der Waals surface area (Å²) in [5, 5.41) is 4.35. The van der Waals surface area contributed by atoms with E-state index < -0.39 is 0 Å². The molecule has 0 aliphatic carbocycles. The molecule has 184 valence electrons. The summed E-state index contributed by atoms with van der Waals surface area (Å²) in [6.45, 7) is 4.80. The van der Waals surface area contributed by atoms with E-state index in [4.69, 9.17) is 4.74 Å². The molecular formula is C26H28F2N4O3. The Hall–Kier alpha value is -3.62. The van der Waals surface area contributed by atoms with Gasteiger partial charge < -0.3 is 9.64 Å². The Morgan fingerprint density at radius 3 is 2.23 bits per heavy atom. The number of ether oxygens (including phenoxy) is 1. The van der Waals surface area contributed by atoms with E-state index in [0.29, 0.717) is 44.0 Å². The molecule has 0 spiro atoms. The smallest absolute Gasteiger partial charge is 0.306 e. The molecule has 1 aliphatic heterocycles. The molecule has 4 rings (SSSR count). The van der Waals surface area contributed by atoms with Gasteiger partial charge in [0.1, 0.15) is 17.5 Å². The fourth-order valence-electron chi connectivity index (χ4n) is 4.62. The van der Waals surface area contributed by atoms with Gasteiger partial charge in [-0.2, -0.15) is 0 Å². The highest BCUT2D eigenvalue weighted by Crippen LogP contribution is 2.36. The topological polar surface area (TPSA) is 77.3 Å². The second-order valence-electron chi connectivity index (χ2n) is 8.67. The summed E-state index contributed by atoms with van der Waals surface area (Å²) in [7, 11) is 0. The maximum atomic E-state index is 13.5. The molecule has 1 atom stereocenters. The number of esters is 1. The first-order valence-electron chi connectivity index (χ1n) is 11.8. The van der Waals surface area contributed by atoms with Gasteiger partial charge in [0, 0.05) is 13.1 Å². The van der Waals surface area contributed by atoms with Gasteiger partial charge in [-0.25, -0.2) is 18.4 Å². The predicted octanol–water partition coefficient (Wildman–Crippen LogP) is 4.44. The lowest BCUT2D eigenvalue weighted by molar-refractivity contribution is -0.144. The van der Waals surface area contributed by atoms with Crippen molar-refractivity contribution in [3.63, 3.8) is 0 Å². The van der Waals surface area contributed by atoms with Crippen molar-refractivity contribution in [3.05, 3.63) is 77.4 Å². The summed E-state index contributed by atoms with van der Waals surface area (Å²) in [4.78, 5) is 31.4. The maximum absolute atomic E-state index is 13.5. The summed E-state index contributed by atoms with van der Waals surface area (Å²) in [5.74, 6) is -0.597. The zero-order chi connectivity index (χ0) is 24.9. The molecule has 0 bridgehead atoms. The van der Waals surface area contributed by atoms with Crippen LogP contribution in [-0.2, 0) is 9.53 Å². The lowest BCUT2D eigenvalue weighted by Crippen LogP contribution is -2.40. The Bertz CT molecular complexity index is 1170. The van der Waals surface area contributed by atoms with Crippen LogP contribution >= 0.6 is 0 Å². The van der Waals surface area contributed by atoms with Crippen molar-refractivity contribution in [1.29, 1.82) is 0 Å². The number of nitrogens with zero attached hydrogens (tertiary/aromatic N) is 4. The number of amides is 1. The van der Waals surface area contributed by atoms with Crippen LogP contribution in [0.15, 0.2) is 48.5 Å². The van der Waals surface area contributed by atoms with E-state index in [1.165, 1.54) is 28.9 Å². The molecule has 1 saturated heterocycles. The van der Waals surface area contributed by atoms with Crippen molar-refractivity contribution < 1.29 is 23.1 Å². The zero-order valence-electron chi connectivity index (χ0n) is 19.8. The molecule has 1 amide bonds. The van der Waals surface area contributed by atoms with E-state index >= 15 is 0 Å². The number of rotatable bonds is 7. The molecule has 0 N–H and O–H groups in total. The molecule has 3 aromatic rings. The zero-order valence-corrected chi connectivity index (χ0v) is 19.8. The molecule has 1 aliphatic rings. The van der Waals surface area contributed by atoms with Gasteiger partial charge >= 0.3 is 5.97 Å². The average molecular weight is 483 g/mol. The minimum atomic E-state index is -0.354. The second kappa shape index (κ2) is 10.8. The summed E-state index contributed by atoms with van der Waals surface area (Å²) in [6, 6.07) is 12.0. The van der Waals surface area contributed by atoms with E-state index in [2.05, 4.69) is 10.1 Å². The quantitative estimate of drug-likeness (QED) is 0.465. The molecule has 0 radical (unpaired) electrons. The number of carbonyl (C=O) groups is 2. The third-order valence-electron chi connectivity index (χ3n) is 6.42. The van der Waals surface area contributed by atoms with Gasteiger partial charge in [-0.05, 0) is 80.5 Å². The van der Waals surface area contributed by atoms with Gasteiger partial charge in [0.2, 0.25) is 5.82 Å². The van der Waals surface area contributed by atoms with Crippen molar-refractivity contribution in [3.8, 4) is 5.69 Å². The molecule has 2 heterocycles. The number of likely N-dealkylation sites (tertiary alicyclic amines) is 1. The number of aryl methyl sites for hydroxylation is 1. The molecule has 0 saturated carbocycles. The summed E-state index contributed by atoms with van der Waals surface area (Å²) in [5.41, 5.74) is 1.51. The van der Waals surface area contributed by atoms with Gasteiger partial charge in [0.25, 0.3) is 5.91 Å². The normalized spacial score (nSPS) is 15.1. The first kappa shape index (κ1) is 24.5. The minimum Gasteiger partial charge on any atom is -0.466 e. The molecule has 9 heteroatoms. The van der Waals surface area contributed by atoms with Gasteiger partial charge in [-0.15, -0.1) is 5.10 Å². The molecular weight excluding hydrogens is 454 g/mol. The summed E-state index contributed by atoms with van der Waals surface area (Å²) >= 11 is 0. The van der Waals surface area contributed by atoms with Crippen LogP contribution in [0.25, 0.3) is 5.69 Å². The van der Waals surface area contributed by atoms with Crippen molar-refractivity contribution >= 4 is 11.9 Å². The van der Waals surface area contributed by atoms with E-state index in [1.807, 2.05) is 0 Å². The van der Waals surface area contributed by atoms with Crippen LogP contribution in [-0.4, -0.2) is 51.2 Å². The van der Waals surface area contributed by atoms with Crippen LogP contribution in [0.2, 0.25) is 0 Å². The molecule has 2 aromatic carbocycles. The standard InChI is InChI=1S/C26H28F2N4O3/c1-3-35-24(33)16-23(18-4-6-20(27)7-5-18)19-12-14-31(15-13-19)26(34)25-29-17(2)32(30-25)22-10-8-21(28)9-11-22/h4-11,19,23H,3,12-16H2,1-2H3. The first-order chi connectivity index (χ1) is 16.9. The van der Waals surface area contributed by atoms with E-state index in [0.717, 1.165) is 5.56 Å². The highest BCUT2D eigenvalue weighted by Gasteiger charge is 2.32. The lowest BCUT2D eigenvalue weighted by atomic mass is 9.78. The Balaban J connectivity index is 1.45. The Morgan fingerprint density at radius 1 is 1.03 bits per heavy atom. The van der Waals surface area contributed by atoms with Gasteiger partial charge in [0.15, 0.2) is 0 Å². The number of carbonyl (C=O) groups excluding carboxylic acids is 2. The fourth-order valence-corrected chi connectivity index (χ4v) is 4.62. The summed E-state index contributed by atoms with van der Waals surface area (Å²) < 4.78 is 33.4. The maximum Gasteiger partial charge on any atom is 0.306 e. The molecule has 1 aromatic heterocycles. The monoisotopic (exact) mass is 482 g/mol. The fraction of sp³-hybridized carbons (Fsp3) is 0.385. The van der Waals surface area contributed by atoms with E-state index in [9.17, 15) is 18.4 Å². The molecule has 35 heavy (non-hydrogen) atoms. The van der Waals surface area contributed by atoms with Crippen LogP contribution in [0, 0.1) is 24.5 Å². The van der Waals surface area contributed by atoms with Crippen LogP contribution in [0.4, 0.5) is 8.78 Å². The van der Waals surface area contributed by atoms with Gasteiger partial charge in [0.05, 0.1) is 18.7 Å². The lowest BCUT2D eigenvalue weighted by Gasteiger charge is -2.35.